The van der Waals surface area contributed by atoms with Crippen LogP contribution in [0.2, 0.25) is 0 Å². The molecule has 0 N–H and O–H groups in total. The Kier molecular flexibility index (Phi) is 8.05. The summed E-state index contributed by atoms with van der Waals surface area (Å²) in [5.41, 5.74) is 0. The zero-order chi connectivity index (χ0) is 13.2. The van der Waals surface area contributed by atoms with E-state index in [1.165, 1.54) is 0 Å². The highest BCUT2D eigenvalue weighted by molar-refractivity contribution is 9.09. The van der Waals surface area contributed by atoms with Crippen LogP contribution in [0.5, 0.6) is 5.75 Å². The lowest BCUT2D eigenvalue weighted by atomic mass is 10.3. The third-order valence-corrected chi connectivity index (χ3v) is 3.11. The van der Waals surface area contributed by atoms with Crippen molar-refractivity contribution in [3.05, 3.63) is 30.3 Å². The maximum atomic E-state index is 5.65. The van der Waals surface area contributed by atoms with Gasteiger partial charge in [0.05, 0.1) is 18.0 Å². The van der Waals surface area contributed by atoms with Gasteiger partial charge in [0.1, 0.15) is 5.75 Å². The summed E-state index contributed by atoms with van der Waals surface area (Å²) in [7, 11) is 3.84. The summed E-state index contributed by atoms with van der Waals surface area (Å²) < 4.78 is 10.7. The minimum atomic E-state index is 0.391. The van der Waals surface area contributed by atoms with E-state index in [1.807, 2.05) is 30.3 Å². The van der Waals surface area contributed by atoms with Crippen LogP contribution < -0.4 is 4.74 Å². The molecule has 0 bridgehead atoms. The Labute approximate surface area is 118 Å². The van der Waals surface area contributed by atoms with E-state index in [0.29, 0.717) is 4.83 Å². The molecule has 0 fully saturated rings. The fourth-order valence-electron chi connectivity index (χ4n) is 1.70. The van der Waals surface area contributed by atoms with Crippen LogP contribution in [0.25, 0.3) is 0 Å². The molecule has 1 aromatic carbocycles. The fraction of sp³-hybridized carbons (Fsp3) is 0.571. The SMILES string of the molecule is COCC(Br)CN(C)CCCOc1ccccc1. The summed E-state index contributed by atoms with van der Waals surface area (Å²) in [5.74, 6) is 0.943. The van der Waals surface area contributed by atoms with E-state index in [1.54, 1.807) is 7.11 Å². The average Bonchev–Trinajstić information content (AvgIpc) is 2.36. The van der Waals surface area contributed by atoms with Crippen LogP contribution >= 0.6 is 15.9 Å². The van der Waals surface area contributed by atoms with Crippen LogP contribution in [-0.2, 0) is 4.74 Å². The van der Waals surface area contributed by atoms with Gasteiger partial charge in [0.25, 0.3) is 0 Å². The van der Waals surface area contributed by atoms with E-state index >= 15 is 0 Å². The van der Waals surface area contributed by atoms with Crippen molar-refractivity contribution in [1.29, 1.82) is 0 Å². The molecule has 0 heterocycles. The summed E-state index contributed by atoms with van der Waals surface area (Å²) in [6.45, 7) is 3.51. The van der Waals surface area contributed by atoms with Crippen molar-refractivity contribution in [2.24, 2.45) is 0 Å². The van der Waals surface area contributed by atoms with Gasteiger partial charge >= 0.3 is 0 Å². The standard InChI is InChI=1S/C14H22BrNO2/c1-16(11-13(15)12-17-2)9-6-10-18-14-7-4-3-5-8-14/h3-5,7-8,13H,6,9-12H2,1-2H3. The van der Waals surface area contributed by atoms with Gasteiger partial charge in [0, 0.05) is 20.2 Å². The Bertz CT molecular complexity index is 308. The topological polar surface area (TPSA) is 21.7 Å². The molecule has 18 heavy (non-hydrogen) atoms. The minimum Gasteiger partial charge on any atom is -0.494 e. The first-order chi connectivity index (χ1) is 8.72. The van der Waals surface area contributed by atoms with Crippen molar-refractivity contribution in [3.8, 4) is 5.75 Å². The van der Waals surface area contributed by atoms with Gasteiger partial charge in [0.15, 0.2) is 0 Å². The van der Waals surface area contributed by atoms with E-state index in [2.05, 4.69) is 27.9 Å². The molecule has 4 heteroatoms. The molecule has 0 aliphatic heterocycles. The molecule has 0 saturated carbocycles. The summed E-state index contributed by atoms with van der Waals surface area (Å²) in [4.78, 5) is 2.68. The largest absolute Gasteiger partial charge is 0.494 e. The first-order valence-corrected chi connectivity index (χ1v) is 7.13. The molecule has 1 atom stereocenters. The highest BCUT2D eigenvalue weighted by atomic mass is 79.9. The number of rotatable bonds is 9. The Morgan fingerprint density at radius 3 is 2.67 bits per heavy atom. The number of para-hydroxylation sites is 1. The van der Waals surface area contributed by atoms with E-state index in [-0.39, 0.29) is 0 Å². The van der Waals surface area contributed by atoms with E-state index in [9.17, 15) is 0 Å². The monoisotopic (exact) mass is 315 g/mol. The maximum absolute atomic E-state index is 5.65. The molecule has 3 nitrogen and oxygen atoms in total. The summed E-state index contributed by atoms with van der Waals surface area (Å²) in [5, 5.41) is 0. The van der Waals surface area contributed by atoms with E-state index in [0.717, 1.165) is 38.5 Å². The van der Waals surface area contributed by atoms with Gasteiger partial charge in [-0.1, -0.05) is 34.1 Å². The van der Waals surface area contributed by atoms with Crippen LogP contribution in [0.3, 0.4) is 0 Å². The Morgan fingerprint density at radius 2 is 2.00 bits per heavy atom. The fourth-order valence-corrected chi connectivity index (χ4v) is 2.46. The van der Waals surface area contributed by atoms with Crippen molar-refractivity contribution in [2.75, 3.05) is 40.5 Å². The average molecular weight is 316 g/mol. The van der Waals surface area contributed by atoms with Crippen molar-refractivity contribution in [2.45, 2.75) is 11.2 Å². The highest BCUT2D eigenvalue weighted by Crippen LogP contribution is 2.08. The highest BCUT2D eigenvalue weighted by Gasteiger charge is 2.07. The normalized spacial score (nSPS) is 12.7. The molecule has 102 valence electrons. The van der Waals surface area contributed by atoms with E-state index < -0.39 is 0 Å². The molecule has 0 amide bonds. The van der Waals surface area contributed by atoms with Crippen molar-refractivity contribution < 1.29 is 9.47 Å². The molecular formula is C14H22BrNO2. The second-order valence-electron chi connectivity index (χ2n) is 4.33. The number of alkyl halides is 1. The van der Waals surface area contributed by atoms with Crippen LogP contribution in [0, 0.1) is 0 Å². The first-order valence-electron chi connectivity index (χ1n) is 6.21. The number of hydrogen-bond acceptors (Lipinski definition) is 3. The summed E-state index contributed by atoms with van der Waals surface area (Å²) in [6.07, 6.45) is 1.03. The Hall–Kier alpha value is -0.580. The molecule has 1 unspecified atom stereocenters. The minimum absolute atomic E-state index is 0.391. The molecule has 0 aromatic heterocycles. The van der Waals surface area contributed by atoms with Crippen molar-refractivity contribution in [1.82, 2.24) is 4.90 Å². The van der Waals surface area contributed by atoms with Crippen LogP contribution in [0.15, 0.2) is 30.3 Å². The van der Waals surface area contributed by atoms with Gasteiger partial charge in [-0.2, -0.15) is 0 Å². The maximum Gasteiger partial charge on any atom is 0.119 e. The summed E-state index contributed by atoms with van der Waals surface area (Å²) >= 11 is 3.59. The molecule has 0 aliphatic rings. The first kappa shape index (κ1) is 15.5. The van der Waals surface area contributed by atoms with Gasteiger partial charge < -0.3 is 14.4 Å². The smallest absolute Gasteiger partial charge is 0.119 e. The van der Waals surface area contributed by atoms with Gasteiger partial charge in [-0.3, -0.25) is 0 Å². The number of hydrogen-bond donors (Lipinski definition) is 0. The number of nitrogens with zero attached hydrogens (tertiary/aromatic N) is 1. The third kappa shape index (κ3) is 6.99. The van der Waals surface area contributed by atoms with Crippen LogP contribution in [0.1, 0.15) is 6.42 Å². The molecule has 0 saturated heterocycles. The third-order valence-electron chi connectivity index (χ3n) is 2.55. The summed E-state index contributed by atoms with van der Waals surface area (Å²) in [6, 6.07) is 9.93. The molecule has 0 radical (unpaired) electrons. The predicted octanol–water partition coefficient (Wildman–Crippen LogP) is 2.80. The van der Waals surface area contributed by atoms with Gasteiger partial charge in [-0.05, 0) is 25.6 Å². The van der Waals surface area contributed by atoms with Crippen LogP contribution in [0.4, 0.5) is 0 Å². The second kappa shape index (κ2) is 9.36. The number of halogens is 1. The van der Waals surface area contributed by atoms with E-state index in [4.69, 9.17) is 9.47 Å². The predicted molar refractivity (Wildman–Crippen MR) is 78.6 cm³/mol. The Morgan fingerprint density at radius 1 is 1.28 bits per heavy atom. The lowest BCUT2D eigenvalue weighted by molar-refractivity contribution is 0.183. The quantitative estimate of drug-likeness (QED) is 0.516. The van der Waals surface area contributed by atoms with Crippen molar-refractivity contribution >= 4 is 15.9 Å². The zero-order valence-electron chi connectivity index (χ0n) is 11.1. The lowest BCUT2D eigenvalue weighted by Gasteiger charge is -2.19. The molecule has 0 spiro atoms. The molecule has 1 rings (SSSR count). The van der Waals surface area contributed by atoms with Gasteiger partial charge in [0.2, 0.25) is 0 Å². The van der Waals surface area contributed by atoms with Crippen molar-refractivity contribution in [3.63, 3.8) is 0 Å². The zero-order valence-corrected chi connectivity index (χ0v) is 12.7. The molecule has 0 aliphatic carbocycles. The number of benzene rings is 1. The van der Waals surface area contributed by atoms with Gasteiger partial charge in [-0.15, -0.1) is 0 Å². The lowest BCUT2D eigenvalue weighted by Crippen LogP contribution is -2.29. The Balaban J connectivity index is 2.07. The molecule has 1 aromatic rings. The second-order valence-corrected chi connectivity index (χ2v) is 5.62. The van der Waals surface area contributed by atoms with Gasteiger partial charge in [-0.25, -0.2) is 0 Å². The number of ether oxygens (including phenoxy) is 2. The molecular weight excluding hydrogens is 294 g/mol. The van der Waals surface area contributed by atoms with Crippen LogP contribution in [-0.4, -0.2) is 50.2 Å². The number of methoxy groups -OCH3 is 1.